The molecule has 7 heteroatoms. The summed E-state index contributed by atoms with van der Waals surface area (Å²) in [6.07, 6.45) is 3.25. The SMILES string of the molecule is C=C(/C(=C/C(=C)N1CCN(CC)CC1)N=CN)c1cc(OC(C)C)ccc1NN. The van der Waals surface area contributed by atoms with Crippen LogP contribution in [0.15, 0.2) is 53.8 Å². The van der Waals surface area contributed by atoms with Crippen LogP contribution in [0, 0.1) is 0 Å². The van der Waals surface area contributed by atoms with Gasteiger partial charge >= 0.3 is 0 Å². The van der Waals surface area contributed by atoms with E-state index in [9.17, 15) is 0 Å². The molecule has 0 amide bonds. The van der Waals surface area contributed by atoms with Crippen LogP contribution in [0.2, 0.25) is 0 Å². The van der Waals surface area contributed by atoms with E-state index in [1.165, 1.54) is 6.34 Å². The van der Waals surface area contributed by atoms with Crippen molar-refractivity contribution in [2.75, 3.05) is 38.1 Å². The number of allylic oxidation sites excluding steroid dienone is 2. The van der Waals surface area contributed by atoms with Crippen LogP contribution in [0.3, 0.4) is 0 Å². The van der Waals surface area contributed by atoms with Gasteiger partial charge in [-0.3, -0.25) is 5.84 Å². The lowest BCUT2D eigenvalue weighted by atomic mass is 10.0. The second kappa shape index (κ2) is 10.7. The molecule has 0 spiro atoms. The number of benzene rings is 1. The van der Waals surface area contributed by atoms with E-state index in [2.05, 4.69) is 40.3 Å². The number of piperazine rings is 1. The zero-order valence-corrected chi connectivity index (χ0v) is 17.8. The summed E-state index contributed by atoms with van der Waals surface area (Å²) in [5, 5.41) is 0. The molecular weight excluding hydrogens is 364 g/mol. The Balaban J connectivity index is 2.29. The van der Waals surface area contributed by atoms with Crippen molar-refractivity contribution >= 4 is 17.6 Å². The standard InChI is InChI=1S/C22H34N6O/c1-6-27-9-11-28(12-10-27)17(4)13-22(25-15-23)18(5)20-14-19(29-16(2)3)7-8-21(20)26-24/h7-8,13-16,26H,4-6,9-12,24H2,1-3H3,(H2,23,25)/b22-13-. The van der Waals surface area contributed by atoms with Gasteiger partial charge in [0.05, 0.1) is 23.8 Å². The van der Waals surface area contributed by atoms with Crippen LogP contribution in [-0.4, -0.2) is 55.0 Å². The number of nitrogens with zero attached hydrogens (tertiary/aromatic N) is 3. The number of nitrogens with one attached hydrogen (secondary N) is 1. The number of likely N-dealkylation sites (N-methyl/N-ethyl adjacent to an activating group) is 1. The Morgan fingerprint density at radius 3 is 2.52 bits per heavy atom. The number of nitrogens with two attached hydrogens (primary N) is 2. The predicted octanol–water partition coefficient (Wildman–Crippen LogP) is 2.79. The van der Waals surface area contributed by atoms with Gasteiger partial charge in [-0.15, -0.1) is 0 Å². The molecule has 7 nitrogen and oxygen atoms in total. The molecule has 1 aliphatic rings. The van der Waals surface area contributed by atoms with Gasteiger partial charge in [0.1, 0.15) is 5.75 Å². The van der Waals surface area contributed by atoms with Crippen LogP contribution in [0.5, 0.6) is 5.75 Å². The minimum Gasteiger partial charge on any atom is -0.491 e. The van der Waals surface area contributed by atoms with Gasteiger partial charge in [-0.1, -0.05) is 20.1 Å². The molecule has 1 saturated heterocycles. The van der Waals surface area contributed by atoms with E-state index in [0.29, 0.717) is 11.3 Å². The Labute approximate surface area is 174 Å². The zero-order valence-electron chi connectivity index (χ0n) is 17.8. The van der Waals surface area contributed by atoms with Crippen LogP contribution in [-0.2, 0) is 0 Å². The second-order valence-electron chi connectivity index (χ2n) is 7.22. The summed E-state index contributed by atoms with van der Waals surface area (Å²) >= 11 is 0. The molecule has 2 rings (SSSR count). The Hall–Kier alpha value is -2.77. The third-order valence-corrected chi connectivity index (χ3v) is 4.90. The normalized spacial score (nSPS) is 15.8. The molecule has 158 valence electrons. The fourth-order valence-electron chi connectivity index (χ4n) is 3.27. The summed E-state index contributed by atoms with van der Waals surface area (Å²) in [6, 6.07) is 5.63. The molecule has 1 aromatic carbocycles. The molecule has 1 aromatic rings. The molecule has 5 N–H and O–H groups in total. The maximum Gasteiger partial charge on any atom is 0.120 e. The highest BCUT2D eigenvalue weighted by atomic mass is 16.5. The highest BCUT2D eigenvalue weighted by molar-refractivity contribution is 5.86. The van der Waals surface area contributed by atoms with Crippen molar-refractivity contribution in [1.82, 2.24) is 9.80 Å². The molecule has 0 aromatic heterocycles. The van der Waals surface area contributed by atoms with Gasteiger partial charge in [0.15, 0.2) is 0 Å². The Morgan fingerprint density at radius 2 is 1.97 bits per heavy atom. The number of hydrogen-bond donors (Lipinski definition) is 3. The highest BCUT2D eigenvalue weighted by Crippen LogP contribution is 2.32. The lowest BCUT2D eigenvalue weighted by molar-refractivity contribution is 0.169. The minimum absolute atomic E-state index is 0.0615. The molecule has 1 heterocycles. The number of aliphatic imine (C=N–C) groups is 1. The van der Waals surface area contributed by atoms with Gasteiger partial charge in [-0.2, -0.15) is 0 Å². The average Bonchev–Trinajstić information content (AvgIpc) is 2.72. The Kier molecular flexibility index (Phi) is 8.30. The van der Waals surface area contributed by atoms with Crippen molar-refractivity contribution in [3.63, 3.8) is 0 Å². The van der Waals surface area contributed by atoms with E-state index >= 15 is 0 Å². The van der Waals surface area contributed by atoms with E-state index in [1.807, 2.05) is 38.1 Å². The third kappa shape index (κ3) is 6.10. The maximum absolute atomic E-state index is 5.82. The van der Waals surface area contributed by atoms with Gasteiger partial charge in [0, 0.05) is 43.0 Å². The molecule has 1 aliphatic heterocycles. The topological polar surface area (TPSA) is 92.1 Å². The molecule has 0 saturated carbocycles. The number of anilines is 1. The average molecular weight is 399 g/mol. The highest BCUT2D eigenvalue weighted by Gasteiger charge is 2.17. The Morgan fingerprint density at radius 1 is 1.28 bits per heavy atom. The lowest BCUT2D eigenvalue weighted by Crippen LogP contribution is -2.45. The first kappa shape index (κ1) is 22.5. The number of rotatable bonds is 9. The molecule has 0 radical (unpaired) electrons. The van der Waals surface area contributed by atoms with E-state index in [0.717, 1.165) is 55.4 Å². The monoisotopic (exact) mass is 398 g/mol. The molecule has 0 aliphatic carbocycles. The predicted molar refractivity (Wildman–Crippen MR) is 123 cm³/mol. The lowest BCUT2D eigenvalue weighted by Gasteiger charge is -2.35. The van der Waals surface area contributed by atoms with Gasteiger partial charge in [0.25, 0.3) is 0 Å². The van der Waals surface area contributed by atoms with E-state index in [1.54, 1.807) is 0 Å². The maximum atomic E-state index is 5.82. The molecule has 29 heavy (non-hydrogen) atoms. The van der Waals surface area contributed by atoms with Gasteiger partial charge in [0.2, 0.25) is 0 Å². The summed E-state index contributed by atoms with van der Waals surface area (Å²) in [6.45, 7) is 19.6. The first-order valence-corrected chi connectivity index (χ1v) is 9.98. The van der Waals surface area contributed by atoms with Gasteiger partial charge in [-0.25, -0.2) is 4.99 Å². The first-order valence-electron chi connectivity index (χ1n) is 9.98. The van der Waals surface area contributed by atoms with E-state index in [-0.39, 0.29) is 6.10 Å². The summed E-state index contributed by atoms with van der Waals surface area (Å²) in [4.78, 5) is 9.02. The summed E-state index contributed by atoms with van der Waals surface area (Å²) in [5.74, 6) is 6.45. The number of nitrogen functional groups attached to an aromatic ring is 1. The summed E-state index contributed by atoms with van der Waals surface area (Å²) in [5.41, 5.74) is 12.1. The Bertz CT molecular complexity index is 776. The number of ether oxygens (including phenoxy) is 1. The summed E-state index contributed by atoms with van der Waals surface area (Å²) in [7, 11) is 0. The summed E-state index contributed by atoms with van der Waals surface area (Å²) < 4.78 is 5.82. The van der Waals surface area contributed by atoms with E-state index in [4.69, 9.17) is 16.3 Å². The van der Waals surface area contributed by atoms with Crippen LogP contribution in [0.25, 0.3) is 5.57 Å². The van der Waals surface area contributed by atoms with Crippen molar-refractivity contribution < 1.29 is 4.74 Å². The molecule has 0 atom stereocenters. The largest absolute Gasteiger partial charge is 0.491 e. The van der Waals surface area contributed by atoms with E-state index < -0.39 is 0 Å². The number of hydrogen-bond acceptors (Lipinski definition) is 6. The molecular formula is C22H34N6O. The van der Waals surface area contributed by atoms with Crippen LogP contribution >= 0.6 is 0 Å². The first-order chi connectivity index (χ1) is 13.9. The second-order valence-corrected chi connectivity index (χ2v) is 7.22. The van der Waals surface area contributed by atoms with Crippen molar-refractivity contribution in [3.05, 3.63) is 54.4 Å². The van der Waals surface area contributed by atoms with Crippen molar-refractivity contribution in [2.45, 2.75) is 26.9 Å². The van der Waals surface area contributed by atoms with Crippen LogP contribution in [0.1, 0.15) is 26.3 Å². The smallest absolute Gasteiger partial charge is 0.120 e. The molecule has 0 bridgehead atoms. The van der Waals surface area contributed by atoms with Gasteiger partial charge in [-0.05, 0) is 44.7 Å². The van der Waals surface area contributed by atoms with Gasteiger partial charge < -0.3 is 25.7 Å². The third-order valence-electron chi connectivity index (χ3n) is 4.90. The zero-order chi connectivity index (χ0) is 21.4. The van der Waals surface area contributed by atoms with Crippen molar-refractivity contribution in [3.8, 4) is 5.75 Å². The quantitative estimate of drug-likeness (QED) is 0.195. The fourth-order valence-corrected chi connectivity index (χ4v) is 3.27. The molecule has 1 fully saturated rings. The fraction of sp³-hybridized carbons (Fsp3) is 0.409. The molecule has 0 unspecified atom stereocenters. The van der Waals surface area contributed by atoms with Crippen LogP contribution in [0.4, 0.5) is 5.69 Å². The van der Waals surface area contributed by atoms with Crippen molar-refractivity contribution in [1.29, 1.82) is 0 Å². The number of hydrazine groups is 1. The van der Waals surface area contributed by atoms with Crippen molar-refractivity contribution in [2.24, 2.45) is 16.6 Å². The van der Waals surface area contributed by atoms with Crippen LogP contribution < -0.4 is 21.7 Å². The minimum atomic E-state index is 0.0615.